The fourth-order valence-corrected chi connectivity index (χ4v) is 7.36. The van der Waals surface area contributed by atoms with Gasteiger partial charge in [0.25, 0.3) is 0 Å². The van der Waals surface area contributed by atoms with Gasteiger partial charge in [-0.15, -0.1) is 0 Å². The number of nitrogens with one attached hydrogen (secondary N) is 1. The lowest BCUT2D eigenvalue weighted by Crippen LogP contribution is -2.68. The van der Waals surface area contributed by atoms with Gasteiger partial charge in [-0.05, 0) is 69.4 Å². The number of hydrogen-bond donors (Lipinski definition) is 1. The third-order valence-electron chi connectivity index (χ3n) is 10.1. The van der Waals surface area contributed by atoms with E-state index < -0.39 is 34.2 Å². The molecule has 4 bridgehead atoms. The molecule has 6 fully saturated rings. The van der Waals surface area contributed by atoms with Gasteiger partial charge < -0.3 is 14.8 Å². The lowest BCUT2D eigenvalue weighted by Gasteiger charge is -2.62. The SMILES string of the molecule is CCOc1ncc(-c2cccc(C(F)(NC(=O)C34CC(C3)C4)C34CCC(c5cnc(C(F)(F)F)nc5)(CC3)OC4)c2)cn1. The Morgan fingerprint density at radius 1 is 0.977 bits per heavy atom. The summed E-state index contributed by atoms with van der Waals surface area (Å²) in [7, 11) is 0. The van der Waals surface area contributed by atoms with Crippen LogP contribution in [0, 0.1) is 16.7 Å². The summed E-state index contributed by atoms with van der Waals surface area (Å²) in [6.07, 6.45) is 4.61. The summed E-state index contributed by atoms with van der Waals surface area (Å²) < 4.78 is 68.8. The van der Waals surface area contributed by atoms with Crippen molar-refractivity contribution >= 4 is 5.91 Å². The number of amides is 1. The Hall–Kier alpha value is -3.67. The van der Waals surface area contributed by atoms with Crippen molar-refractivity contribution in [2.75, 3.05) is 13.2 Å². The van der Waals surface area contributed by atoms with Gasteiger partial charge in [0.1, 0.15) is 0 Å². The van der Waals surface area contributed by atoms with Crippen LogP contribution in [-0.4, -0.2) is 39.1 Å². The maximum atomic E-state index is 18.0. The lowest BCUT2D eigenvalue weighted by molar-refractivity contribution is -0.243. The lowest BCUT2D eigenvalue weighted by atomic mass is 9.44. The number of hydrogen-bond acceptors (Lipinski definition) is 7. The quantitative estimate of drug-likeness (QED) is 0.256. The van der Waals surface area contributed by atoms with Crippen LogP contribution in [0.4, 0.5) is 17.6 Å². The van der Waals surface area contributed by atoms with Crippen molar-refractivity contribution in [3.05, 3.63) is 66.0 Å². The van der Waals surface area contributed by atoms with Gasteiger partial charge in [-0.1, -0.05) is 18.2 Å². The van der Waals surface area contributed by atoms with Gasteiger partial charge in [0.05, 0.1) is 29.6 Å². The van der Waals surface area contributed by atoms with Crippen molar-refractivity contribution in [3.8, 4) is 17.1 Å². The largest absolute Gasteiger partial charge is 0.464 e. The van der Waals surface area contributed by atoms with E-state index in [0.717, 1.165) is 31.7 Å². The van der Waals surface area contributed by atoms with Crippen molar-refractivity contribution in [1.82, 2.24) is 25.3 Å². The summed E-state index contributed by atoms with van der Waals surface area (Å²) in [6, 6.07) is 7.22. The Morgan fingerprint density at radius 2 is 1.65 bits per heavy atom. The van der Waals surface area contributed by atoms with E-state index in [1.807, 2.05) is 13.0 Å². The summed E-state index contributed by atoms with van der Waals surface area (Å²) in [4.78, 5) is 29.1. The molecule has 1 N–H and O–H groups in total. The molecule has 43 heavy (non-hydrogen) atoms. The Morgan fingerprint density at radius 3 is 2.19 bits per heavy atom. The number of aromatic nitrogens is 4. The van der Waals surface area contributed by atoms with Gasteiger partial charge in [0.2, 0.25) is 17.5 Å². The molecule has 4 aliphatic carbocycles. The summed E-state index contributed by atoms with van der Waals surface area (Å²) in [5.41, 5.74) is -0.419. The molecule has 3 aromatic rings. The number of ether oxygens (including phenoxy) is 2. The molecule has 8 nitrogen and oxygen atoms in total. The van der Waals surface area contributed by atoms with E-state index >= 15 is 4.39 Å². The highest BCUT2D eigenvalue weighted by molar-refractivity contribution is 5.86. The molecule has 9 rings (SSSR count). The summed E-state index contributed by atoms with van der Waals surface area (Å²) in [5, 5.41) is 2.87. The second-order valence-electron chi connectivity index (χ2n) is 12.5. The van der Waals surface area contributed by atoms with E-state index in [1.165, 1.54) is 0 Å². The fraction of sp³-hybridized carbons (Fsp3) is 0.516. The van der Waals surface area contributed by atoms with Gasteiger partial charge >= 0.3 is 12.2 Å². The molecule has 2 aliphatic heterocycles. The molecule has 1 atom stereocenters. The second-order valence-corrected chi connectivity index (χ2v) is 12.5. The summed E-state index contributed by atoms with van der Waals surface area (Å²) in [5.74, 6) is -3.21. The van der Waals surface area contributed by atoms with Crippen LogP contribution in [0.5, 0.6) is 6.01 Å². The number of carbonyl (C=O) groups is 1. The Labute approximate surface area is 245 Å². The molecule has 226 valence electrons. The number of benzene rings is 1. The summed E-state index contributed by atoms with van der Waals surface area (Å²) in [6.45, 7) is 2.24. The molecule has 12 heteroatoms. The van der Waals surface area contributed by atoms with Crippen molar-refractivity contribution in [2.24, 2.45) is 16.7 Å². The van der Waals surface area contributed by atoms with Crippen LogP contribution in [0.1, 0.15) is 68.8 Å². The van der Waals surface area contributed by atoms with E-state index in [9.17, 15) is 18.0 Å². The molecule has 6 aliphatic rings. The zero-order valence-electron chi connectivity index (χ0n) is 23.6. The van der Waals surface area contributed by atoms with Crippen molar-refractivity contribution in [3.63, 3.8) is 0 Å². The van der Waals surface area contributed by atoms with Crippen molar-refractivity contribution in [1.29, 1.82) is 0 Å². The first-order valence-corrected chi connectivity index (χ1v) is 14.6. The second kappa shape index (κ2) is 9.67. The zero-order chi connectivity index (χ0) is 30.1. The molecule has 0 spiro atoms. The monoisotopic (exact) mass is 597 g/mol. The van der Waals surface area contributed by atoms with Crippen molar-refractivity contribution in [2.45, 2.75) is 69.4 Å². The average Bonchev–Trinajstić information content (AvgIpc) is 2.96. The molecule has 0 radical (unpaired) electrons. The first-order chi connectivity index (χ1) is 20.5. The number of carbonyl (C=O) groups excluding carboxylic acids is 1. The van der Waals surface area contributed by atoms with Crippen LogP contribution in [-0.2, 0) is 27.1 Å². The van der Waals surface area contributed by atoms with Gasteiger partial charge in [0, 0.05) is 41.5 Å². The highest BCUT2D eigenvalue weighted by Crippen LogP contribution is 2.66. The fourth-order valence-electron chi connectivity index (χ4n) is 7.36. The van der Waals surface area contributed by atoms with Crippen LogP contribution >= 0.6 is 0 Å². The van der Waals surface area contributed by atoms with Crippen LogP contribution in [0.15, 0.2) is 49.1 Å². The van der Waals surface area contributed by atoms with Gasteiger partial charge in [-0.25, -0.2) is 24.3 Å². The number of halogens is 4. The molecule has 2 aromatic heterocycles. The Kier molecular flexibility index (Phi) is 6.32. The predicted molar refractivity (Wildman–Crippen MR) is 145 cm³/mol. The number of nitrogens with zero attached hydrogens (tertiary/aromatic N) is 4. The standard InChI is InChI=1S/C31H31F4N5O3/c1-2-42-26-38-14-21(15-39-26)20-4-3-5-22(10-20)30(32,40-25(41)27-11-19(12-27)13-27)28-6-8-29(9-7-28,43-18-28)23-16-36-24(37-17-23)31(33,34)35/h3-5,10,14-17,19H,2,6-9,11-13,18H2,1H3,(H,40,41). The number of fused-ring (bicyclic) bond motifs is 3. The minimum Gasteiger partial charge on any atom is -0.464 e. The van der Waals surface area contributed by atoms with Crippen LogP contribution < -0.4 is 10.1 Å². The van der Waals surface area contributed by atoms with Crippen LogP contribution in [0.3, 0.4) is 0 Å². The molecule has 1 amide bonds. The van der Waals surface area contributed by atoms with E-state index in [0.29, 0.717) is 60.5 Å². The Balaban J connectivity index is 1.21. The molecule has 2 saturated heterocycles. The summed E-state index contributed by atoms with van der Waals surface area (Å²) >= 11 is 0. The maximum absolute atomic E-state index is 18.0. The molecule has 4 heterocycles. The van der Waals surface area contributed by atoms with Gasteiger partial charge in [-0.2, -0.15) is 13.2 Å². The van der Waals surface area contributed by atoms with Gasteiger partial charge in [-0.3, -0.25) is 4.79 Å². The van der Waals surface area contributed by atoms with Crippen LogP contribution in [0.25, 0.3) is 11.1 Å². The normalized spacial score (nSPS) is 30.5. The van der Waals surface area contributed by atoms with E-state index in [-0.39, 0.29) is 18.5 Å². The minimum atomic E-state index is -4.65. The minimum absolute atomic E-state index is 0.0309. The topological polar surface area (TPSA) is 99.1 Å². The molecule has 1 aromatic carbocycles. The van der Waals surface area contributed by atoms with E-state index in [1.54, 1.807) is 30.6 Å². The third-order valence-corrected chi connectivity index (χ3v) is 10.1. The van der Waals surface area contributed by atoms with Gasteiger partial charge in [0.15, 0.2) is 0 Å². The molecule has 4 saturated carbocycles. The van der Waals surface area contributed by atoms with Crippen LogP contribution in [0.2, 0.25) is 0 Å². The van der Waals surface area contributed by atoms with Crippen molar-refractivity contribution < 1.29 is 31.8 Å². The number of rotatable bonds is 8. The highest BCUT2D eigenvalue weighted by atomic mass is 19.4. The predicted octanol–water partition coefficient (Wildman–Crippen LogP) is 5.88. The first kappa shape index (κ1) is 28.1. The highest BCUT2D eigenvalue weighted by Gasteiger charge is 2.66. The smallest absolute Gasteiger partial charge is 0.451 e. The first-order valence-electron chi connectivity index (χ1n) is 14.6. The number of alkyl halides is 4. The molecule has 1 unspecified atom stereocenters. The molecular formula is C31H31F4N5O3. The zero-order valence-corrected chi connectivity index (χ0v) is 23.6. The maximum Gasteiger partial charge on any atom is 0.451 e. The molecular weight excluding hydrogens is 566 g/mol. The van der Waals surface area contributed by atoms with E-state index in [2.05, 4.69) is 25.3 Å². The third kappa shape index (κ3) is 4.39. The average molecular weight is 598 g/mol. The van der Waals surface area contributed by atoms with E-state index in [4.69, 9.17) is 9.47 Å². The Bertz CT molecular complexity index is 1510.